The van der Waals surface area contributed by atoms with Crippen LogP contribution < -0.4 is 5.32 Å². The number of carbonyl (C=O) groups excluding carboxylic acids is 2. The van der Waals surface area contributed by atoms with Gasteiger partial charge < -0.3 is 15.3 Å². The fourth-order valence-electron chi connectivity index (χ4n) is 4.04. The molecule has 0 spiro atoms. The van der Waals surface area contributed by atoms with Crippen molar-refractivity contribution in [2.45, 2.75) is 78.1 Å². The number of carboxylic acid groups (broad SMARTS) is 1. The maximum Gasteiger partial charge on any atom is 0.331 e. The Morgan fingerprint density at radius 2 is 1.59 bits per heavy atom. The number of rotatable bonds is 10. The van der Waals surface area contributed by atoms with Crippen LogP contribution in [0.25, 0.3) is 0 Å². The number of hydrogen-bond donors (Lipinski definition) is 2. The summed E-state index contributed by atoms with van der Waals surface area (Å²) in [5, 5.41) is 12.0. The van der Waals surface area contributed by atoms with Crippen LogP contribution in [0.15, 0.2) is 42.0 Å². The van der Waals surface area contributed by atoms with Crippen LogP contribution in [0.5, 0.6) is 0 Å². The highest BCUT2D eigenvalue weighted by atomic mass is 32.2. The number of likely N-dealkylation sites (N-methyl/N-ethyl adjacent to an activating group) is 1. The summed E-state index contributed by atoms with van der Waals surface area (Å²) in [4.78, 5) is 40.2. The third-order valence-corrected chi connectivity index (χ3v) is 7.56. The number of benzene rings is 1. The monoisotopic (exact) mass is 490 g/mol. The molecule has 6 nitrogen and oxygen atoms in total. The second-order valence-corrected chi connectivity index (χ2v) is 11.8. The smallest absolute Gasteiger partial charge is 0.331 e. The standard InChI is InChI=1S/C27H42N2O4S/c1-17(2)20(16-18(3)25(32)33)29(9)24(31)21(26(4,5)6)28-23(30)22(34-10)27(7,8)19-14-12-11-13-15-19/h11-17,20-22H,1-10H3,(H,28,30)(H,32,33)/b18-16+/t20-,21-,22-/m1/s1. The number of carbonyl (C=O) groups is 3. The number of thioether (sulfide) groups is 1. The highest BCUT2D eigenvalue weighted by Gasteiger charge is 2.41. The predicted molar refractivity (Wildman–Crippen MR) is 141 cm³/mol. The predicted octanol–water partition coefficient (Wildman–Crippen LogP) is 4.74. The molecule has 0 saturated heterocycles. The van der Waals surface area contributed by atoms with Crippen LogP contribution in [-0.2, 0) is 19.8 Å². The van der Waals surface area contributed by atoms with E-state index >= 15 is 0 Å². The average molecular weight is 491 g/mol. The van der Waals surface area contributed by atoms with Gasteiger partial charge in [0.05, 0.1) is 11.3 Å². The molecule has 0 aliphatic rings. The molecule has 0 unspecified atom stereocenters. The molecule has 0 aliphatic carbocycles. The minimum atomic E-state index is -1.02. The number of amides is 2. The Labute approximate surface area is 209 Å². The molecule has 190 valence electrons. The molecular weight excluding hydrogens is 448 g/mol. The minimum Gasteiger partial charge on any atom is -0.478 e. The summed E-state index contributed by atoms with van der Waals surface area (Å²) in [5.74, 6) is -1.46. The molecule has 0 aromatic heterocycles. The van der Waals surface area contributed by atoms with Crippen LogP contribution in [0.2, 0.25) is 0 Å². The Morgan fingerprint density at radius 1 is 1.06 bits per heavy atom. The van der Waals surface area contributed by atoms with E-state index in [0.717, 1.165) is 5.56 Å². The molecule has 0 aliphatic heterocycles. The number of nitrogens with zero attached hydrogens (tertiary/aromatic N) is 1. The summed E-state index contributed by atoms with van der Waals surface area (Å²) >= 11 is 1.46. The molecular formula is C27H42N2O4S. The van der Waals surface area contributed by atoms with Crippen molar-refractivity contribution in [2.75, 3.05) is 13.3 Å². The Morgan fingerprint density at radius 3 is 2.00 bits per heavy atom. The van der Waals surface area contributed by atoms with Crippen molar-refractivity contribution in [2.24, 2.45) is 11.3 Å². The van der Waals surface area contributed by atoms with Gasteiger partial charge in [0.25, 0.3) is 0 Å². The number of carboxylic acids is 1. The molecule has 0 bridgehead atoms. The Hall–Kier alpha value is -2.28. The molecule has 3 atom stereocenters. The van der Waals surface area contributed by atoms with Gasteiger partial charge >= 0.3 is 5.97 Å². The van der Waals surface area contributed by atoms with E-state index in [1.165, 1.54) is 18.7 Å². The molecule has 0 saturated carbocycles. The van der Waals surface area contributed by atoms with Crippen LogP contribution in [0.1, 0.15) is 61.0 Å². The van der Waals surface area contributed by atoms with Crippen LogP contribution in [0.3, 0.4) is 0 Å². The second kappa shape index (κ2) is 11.9. The van der Waals surface area contributed by atoms with Crippen molar-refractivity contribution in [3.63, 3.8) is 0 Å². The SMILES string of the molecule is CS[C@H](C(=O)N[C@H](C(=O)N(C)[C@H](/C=C(\C)C(=O)O)C(C)C)C(C)(C)C)C(C)(C)c1ccccc1. The first-order valence-electron chi connectivity index (χ1n) is 11.6. The van der Waals surface area contributed by atoms with Gasteiger partial charge in [0.1, 0.15) is 6.04 Å². The molecule has 2 amide bonds. The molecule has 1 aromatic carbocycles. The highest BCUT2D eigenvalue weighted by Crippen LogP contribution is 2.34. The van der Waals surface area contributed by atoms with E-state index in [4.69, 9.17) is 0 Å². The number of nitrogens with one attached hydrogen (secondary N) is 1. The van der Waals surface area contributed by atoms with Gasteiger partial charge in [-0.15, -0.1) is 0 Å². The first-order chi connectivity index (χ1) is 15.5. The van der Waals surface area contributed by atoms with E-state index in [-0.39, 0.29) is 23.3 Å². The lowest BCUT2D eigenvalue weighted by molar-refractivity contribution is -0.140. The van der Waals surface area contributed by atoms with Crippen LogP contribution in [0.4, 0.5) is 0 Å². The lowest BCUT2D eigenvalue weighted by Gasteiger charge is -2.39. The van der Waals surface area contributed by atoms with Gasteiger partial charge in [-0.05, 0) is 30.1 Å². The maximum absolute atomic E-state index is 13.7. The van der Waals surface area contributed by atoms with Crippen LogP contribution in [0, 0.1) is 11.3 Å². The summed E-state index contributed by atoms with van der Waals surface area (Å²) in [6.45, 7) is 15.2. The van der Waals surface area contributed by atoms with E-state index in [1.54, 1.807) is 18.0 Å². The van der Waals surface area contributed by atoms with E-state index < -0.39 is 34.1 Å². The van der Waals surface area contributed by atoms with E-state index in [0.29, 0.717) is 0 Å². The fourth-order valence-corrected chi connectivity index (χ4v) is 5.05. The van der Waals surface area contributed by atoms with E-state index in [9.17, 15) is 19.5 Å². The second-order valence-electron chi connectivity index (χ2n) is 10.8. The largest absolute Gasteiger partial charge is 0.478 e. The summed E-state index contributed by atoms with van der Waals surface area (Å²) < 4.78 is 0. The van der Waals surface area contributed by atoms with Gasteiger partial charge in [0.2, 0.25) is 11.8 Å². The topological polar surface area (TPSA) is 86.7 Å². The van der Waals surface area contributed by atoms with Crippen LogP contribution in [-0.4, -0.2) is 58.4 Å². The van der Waals surface area contributed by atoms with Crippen molar-refractivity contribution >= 4 is 29.5 Å². The molecule has 7 heteroatoms. The third kappa shape index (κ3) is 7.36. The zero-order valence-electron chi connectivity index (χ0n) is 22.3. The van der Waals surface area contributed by atoms with E-state index in [2.05, 4.69) is 5.32 Å². The van der Waals surface area contributed by atoms with Crippen LogP contribution >= 0.6 is 11.8 Å². The van der Waals surface area contributed by atoms with Gasteiger partial charge in [-0.1, -0.05) is 84.9 Å². The van der Waals surface area contributed by atoms with Crippen molar-refractivity contribution in [3.8, 4) is 0 Å². The lowest BCUT2D eigenvalue weighted by atomic mass is 9.80. The molecule has 0 radical (unpaired) electrons. The lowest BCUT2D eigenvalue weighted by Crippen LogP contribution is -2.59. The van der Waals surface area contributed by atoms with Gasteiger partial charge in [-0.3, -0.25) is 9.59 Å². The summed E-state index contributed by atoms with van der Waals surface area (Å²) in [5.41, 5.74) is 0.230. The zero-order valence-corrected chi connectivity index (χ0v) is 23.1. The third-order valence-electron chi connectivity index (χ3n) is 6.28. The quantitative estimate of drug-likeness (QED) is 0.463. The highest BCUT2D eigenvalue weighted by molar-refractivity contribution is 8.00. The first kappa shape index (κ1) is 29.8. The summed E-state index contributed by atoms with van der Waals surface area (Å²) in [6, 6.07) is 8.71. The molecule has 0 heterocycles. The Balaban J connectivity index is 3.29. The van der Waals surface area contributed by atoms with Crippen molar-refractivity contribution < 1.29 is 19.5 Å². The number of aliphatic carboxylic acids is 1. The Bertz CT molecular complexity index is 888. The van der Waals surface area contributed by atoms with Crippen molar-refractivity contribution in [3.05, 3.63) is 47.5 Å². The molecule has 0 fully saturated rings. The Kier molecular flexibility index (Phi) is 10.4. The molecule has 1 rings (SSSR count). The molecule has 34 heavy (non-hydrogen) atoms. The van der Waals surface area contributed by atoms with E-state index in [1.807, 2.05) is 85.1 Å². The van der Waals surface area contributed by atoms with Gasteiger partial charge in [-0.25, -0.2) is 4.79 Å². The van der Waals surface area contributed by atoms with Gasteiger partial charge in [0.15, 0.2) is 0 Å². The van der Waals surface area contributed by atoms with Gasteiger partial charge in [0, 0.05) is 18.0 Å². The molecule has 1 aromatic rings. The minimum absolute atomic E-state index is 0.00414. The summed E-state index contributed by atoms with van der Waals surface area (Å²) in [6.07, 6.45) is 3.51. The fraction of sp³-hybridized carbons (Fsp3) is 0.593. The maximum atomic E-state index is 13.7. The average Bonchev–Trinajstić information content (AvgIpc) is 2.74. The molecule has 2 N–H and O–H groups in total. The zero-order chi connectivity index (χ0) is 26.4. The van der Waals surface area contributed by atoms with Crippen molar-refractivity contribution in [1.82, 2.24) is 10.2 Å². The van der Waals surface area contributed by atoms with Gasteiger partial charge in [-0.2, -0.15) is 11.8 Å². The summed E-state index contributed by atoms with van der Waals surface area (Å²) in [7, 11) is 1.67. The number of hydrogen-bond acceptors (Lipinski definition) is 4. The normalized spacial score (nSPS) is 15.4. The van der Waals surface area contributed by atoms with Crippen molar-refractivity contribution in [1.29, 1.82) is 0 Å². The first-order valence-corrected chi connectivity index (χ1v) is 12.9.